The van der Waals surface area contributed by atoms with Crippen molar-refractivity contribution >= 4 is 44.9 Å². The summed E-state index contributed by atoms with van der Waals surface area (Å²) in [4.78, 5) is 6.59. The predicted octanol–water partition coefficient (Wildman–Crippen LogP) is 2.31. The molecule has 0 fully saturated rings. The number of nitrogens with zero attached hydrogens (tertiary/aromatic N) is 2. The molecule has 0 spiro atoms. The molecule has 0 aliphatic rings. The fourth-order valence-corrected chi connectivity index (χ4v) is 2.85. The zero-order valence-electron chi connectivity index (χ0n) is 9.64. The van der Waals surface area contributed by atoms with Gasteiger partial charge in [0.25, 0.3) is 10.0 Å². The standard InChI is InChI=1S/C10H7Cl2FN4O2S/c11-5-3-6(14)9(13)7(4-5)20(18,19)17-10-15-2-1-8(12)16-10/h1-4H,14H2,(H,15,16,17). The first-order valence-corrected chi connectivity index (χ1v) is 7.29. The largest absolute Gasteiger partial charge is 0.396 e. The van der Waals surface area contributed by atoms with E-state index in [1.165, 1.54) is 12.3 Å². The minimum Gasteiger partial charge on any atom is -0.396 e. The molecule has 3 N–H and O–H groups in total. The zero-order valence-corrected chi connectivity index (χ0v) is 12.0. The molecule has 0 unspecified atom stereocenters. The average Bonchev–Trinajstić information content (AvgIpc) is 2.33. The summed E-state index contributed by atoms with van der Waals surface area (Å²) in [6.07, 6.45) is 1.25. The zero-order chi connectivity index (χ0) is 14.9. The summed E-state index contributed by atoms with van der Waals surface area (Å²) < 4.78 is 39.9. The maximum atomic E-state index is 13.8. The number of sulfonamides is 1. The summed E-state index contributed by atoms with van der Waals surface area (Å²) in [7, 11) is -4.28. The lowest BCUT2D eigenvalue weighted by Gasteiger charge is -2.09. The van der Waals surface area contributed by atoms with Crippen LogP contribution in [0.15, 0.2) is 29.3 Å². The summed E-state index contributed by atoms with van der Waals surface area (Å²) >= 11 is 11.3. The quantitative estimate of drug-likeness (QED) is 0.662. The van der Waals surface area contributed by atoms with E-state index in [4.69, 9.17) is 28.9 Å². The highest BCUT2D eigenvalue weighted by Crippen LogP contribution is 2.26. The SMILES string of the molecule is Nc1cc(Cl)cc(S(=O)(=O)Nc2nccc(Cl)n2)c1F. The third kappa shape index (κ3) is 3.09. The fraction of sp³-hybridized carbons (Fsp3) is 0. The summed E-state index contributed by atoms with van der Waals surface area (Å²) in [6.45, 7) is 0. The highest BCUT2D eigenvalue weighted by atomic mass is 35.5. The Balaban J connectivity index is 2.46. The number of nitrogen functional groups attached to an aromatic ring is 1. The monoisotopic (exact) mass is 336 g/mol. The number of nitrogens with two attached hydrogens (primary N) is 1. The van der Waals surface area contributed by atoms with Gasteiger partial charge in [0.1, 0.15) is 10.0 Å². The second-order valence-corrected chi connectivity index (χ2v) is 6.09. The summed E-state index contributed by atoms with van der Waals surface area (Å²) in [6, 6.07) is 3.39. The molecule has 106 valence electrons. The van der Waals surface area contributed by atoms with Crippen molar-refractivity contribution in [1.82, 2.24) is 9.97 Å². The van der Waals surface area contributed by atoms with Crippen LogP contribution in [0.4, 0.5) is 16.0 Å². The van der Waals surface area contributed by atoms with Crippen molar-refractivity contribution in [2.24, 2.45) is 0 Å². The number of anilines is 2. The van der Waals surface area contributed by atoms with Gasteiger partial charge in [-0.25, -0.2) is 27.5 Å². The normalized spacial score (nSPS) is 11.3. The Morgan fingerprint density at radius 2 is 2.00 bits per heavy atom. The molecule has 0 atom stereocenters. The van der Waals surface area contributed by atoms with Crippen molar-refractivity contribution in [3.05, 3.63) is 40.4 Å². The van der Waals surface area contributed by atoms with Gasteiger partial charge in [0.05, 0.1) is 5.69 Å². The fourth-order valence-electron chi connectivity index (χ4n) is 1.34. The molecule has 1 aromatic carbocycles. The van der Waals surface area contributed by atoms with Crippen molar-refractivity contribution in [2.45, 2.75) is 4.90 Å². The molecule has 1 heterocycles. The molecule has 2 rings (SSSR count). The van der Waals surface area contributed by atoms with Crippen LogP contribution < -0.4 is 10.5 Å². The lowest BCUT2D eigenvalue weighted by molar-refractivity contribution is 0.572. The van der Waals surface area contributed by atoms with E-state index in [1.54, 1.807) is 0 Å². The first kappa shape index (κ1) is 14.8. The van der Waals surface area contributed by atoms with Gasteiger partial charge in [-0.3, -0.25) is 0 Å². The van der Waals surface area contributed by atoms with Crippen molar-refractivity contribution in [3.63, 3.8) is 0 Å². The van der Waals surface area contributed by atoms with Crippen LogP contribution in [0.25, 0.3) is 0 Å². The second kappa shape index (κ2) is 5.39. The Hall–Kier alpha value is -1.64. The van der Waals surface area contributed by atoms with E-state index in [0.29, 0.717) is 0 Å². The summed E-state index contributed by atoms with van der Waals surface area (Å²) in [5.74, 6) is -1.40. The lowest BCUT2D eigenvalue weighted by Crippen LogP contribution is -2.17. The molecule has 0 bridgehead atoms. The maximum Gasteiger partial charge on any atom is 0.267 e. The van der Waals surface area contributed by atoms with Gasteiger partial charge >= 0.3 is 0 Å². The summed E-state index contributed by atoms with van der Waals surface area (Å²) in [5, 5.41) is 0.0140. The highest BCUT2D eigenvalue weighted by molar-refractivity contribution is 7.92. The highest BCUT2D eigenvalue weighted by Gasteiger charge is 2.23. The molecule has 2 aromatic rings. The average molecular weight is 337 g/mol. The van der Waals surface area contributed by atoms with Gasteiger partial charge in [-0.2, -0.15) is 0 Å². The van der Waals surface area contributed by atoms with Crippen LogP contribution >= 0.6 is 23.2 Å². The lowest BCUT2D eigenvalue weighted by atomic mass is 10.3. The van der Waals surface area contributed by atoms with Crippen molar-refractivity contribution < 1.29 is 12.8 Å². The molecule has 0 aliphatic carbocycles. The number of rotatable bonds is 3. The van der Waals surface area contributed by atoms with E-state index in [2.05, 4.69) is 9.97 Å². The van der Waals surface area contributed by atoms with Crippen LogP contribution in [0.5, 0.6) is 0 Å². The van der Waals surface area contributed by atoms with Crippen LogP contribution in [0.3, 0.4) is 0 Å². The van der Waals surface area contributed by atoms with E-state index >= 15 is 0 Å². The Bertz CT molecular complexity index is 770. The van der Waals surface area contributed by atoms with E-state index in [1.807, 2.05) is 4.72 Å². The minimum absolute atomic E-state index is 0.0173. The van der Waals surface area contributed by atoms with Crippen LogP contribution in [0.2, 0.25) is 10.2 Å². The number of aromatic nitrogens is 2. The van der Waals surface area contributed by atoms with Crippen LogP contribution in [-0.2, 0) is 10.0 Å². The smallest absolute Gasteiger partial charge is 0.267 e. The van der Waals surface area contributed by atoms with Crippen molar-refractivity contribution in [1.29, 1.82) is 0 Å². The maximum absolute atomic E-state index is 13.8. The number of nitrogens with one attached hydrogen (secondary N) is 1. The van der Waals surface area contributed by atoms with E-state index < -0.39 is 20.7 Å². The third-order valence-electron chi connectivity index (χ3n) is 2.17. The van der Waals surface area contributed by atoms with Gasteiger partial charge in [0.15, 0.2) is 5.82 Å². The molecule has 0 amide bonds. The predicted molar refractivity (Wildman–Crippen MR) is 73.7 cm³/mol. The molecular formula is C10H7Cl2FN4O2S. The number of benzene rings is 1. The third-order valence-corrected chi connectivity index (χ3v) is 3.93. The molecule has 10 heteroatoms. The summed E-state index contributed by atoms with van der Waals surface area (Å²) in [5.41, 5.74) is 4.95. The Kier molecular flexibility index (Phi) is 3.98. The van der Waals surface area contributed by atoms with Gasteiger partial charge in [-0.15, -0.1) is 0 Å². The first-order valence-electron chi connectivity index (χ1n) is 5.05. The van der Waals surface area contributed by atoms with Crippen LogP contribution in [0, 0.1) is 5.82 Å². The van der Waals surface area contributed by atoms with Gasteiger partial charge in [0.2, 0.25) is 5.95 Å². The number of hydrogen-bond acceptors (Lipinski definition) is 5. The second-order valence-electron chi connectivity index (χ2n) is 3.62. The Labute approximate surface area is 123 Å². The van der Waals surface area contributed by atoms with Gasteiger partial charge in [0, 0.05) is 11.2 Å². The van der Waals surface area contributed by atoms with Crippen LogP contribution in [0.1, 0.15) is 0 Å². The van der Waals surface area contributed by atoms with E-state index in [0.717, 1.165) is 12.1 Å². The van der Waals surface area contributed by atoms with Gasteiger partial charge in [-0.05, 0) is 18.2 Å². The topological polar surface area (TPSA) is 98.0 Å². The van der Waals surface area contributed by atoms with Crippen LogP contribution in [-0.4, -0.2) is 18.4 Å². The molecule has 0 saturated heterocycles. The van der Waals surface area contributed by atoms with Gasteiger partial charge in [-0.1, -0.05) is 23.2 Å². The molecule has 0 saturated carbocycles. The molecule has 0 radical (unpaired) electrons. The Morgan fingerprint density at radius 3 is 2.65 bits per heavy atom. The number of hydrogen-bond donors (Lipinski definition) is 2. The minimum atomic E-state index is -4.28. The molecule has 20 heavy (non-hydrogen) atoms. The van der Waals surface area contributed by atoms with Crippen molar-refractivity contribution in [3.8, 4) is 0 Å². The molecule has 1 aromatic heterocycles. The Morgan fingerprint density at radius 1 is 1.30 bits per heavy atom. The van der Waals surface area contributed by atoms with E-state index in [9.17, 15) is 12.8 Å². The van der Waals surface area contributed by atoms with Gasteiger partial charge < -0.3 is 5.73 Å². The van der Waals surface area contributed by atoms with E-state index in [-0.39, 0.29) is 21.8 Å². The van der Waals surface area contributed by atoms with Crippen molar-refractivity contribution in [2.75, 3.05) is 10.5 Å². The molecule has 6 nitrogen and oxygen atoms in total. The number of halogens is 3. The first-order chi connectivity index (χ1) is 9.29. The molecular weight excluding hydrogens is 330 g/mol. The molecule has 0 aliphatic heterocycles.